The van der Waals surface area contributed by atoms with Gasteiger partial charge in [-0.05, 0) is 60.2 Å². The molecule has 0 N–H and O–H groups in total. The number of alkyl halides is 2. The molecule has 8 heteroatoms. The molecule has 1 heterocycles. The van der Waals surface area contributed by atoms with Crippen molar-refractivity contribution in [3.8, 4) is 11.4 Å². The van der Waals surface area contributed by atoms with Crippen LogP contribution in [0.15, 0.2) is 71.5 Å². The van der Waals surface area contributed by atoms with E-state index in [1.165, 1.54) is 34.9 Å². The number of nitrogens with zero attached hydrogens (tertiary/aromatic N) is 2. The van der Waals surface area contributed by atoms with Crippen LogP contribution in [0.3, 0.4) is 0 Å². The number of rotatable bonds is 5. The van der Waals surface area contributed by atoms with Crippen molar-refractivity contribution < 1.29 is 17.9 Å². The Kier molecular flexibility index (Phi) is 5.77. The summed E-state index contributed by atoms with van der Waals surface area (Å²) in [6.45, 7) is -2.91. The summed E-state index contributed by atoms with van der Waals surface area (Å²) >= 11 is 6.04. The number of benzene rings is 3. The molecule has 0 atom stereocenters. The zero-order chi connectivity index (χ0) is 22.0. The van der Waals surface area contributed by atoms with Gasteiger partial charge in [-0.2, -0.15) is 8.78 Å². The third kappa shape index (κ3) is 4.62. The average Bonchev–Trinajstić information content (AvgIpc) is 2.72. The smallest absolute Gasteiger partial charge is 0.387 e. The molecule has 0 amide bonds. The van der Waals surface area contributed by atoms with Gasteiger partial charge in [-0.1, -0.05) is 35.9 Å². The number of halogens is 4. The van der Waals surface area contributed by atoms with E-state index in [0.29, 0.717) is 27.2 Å². The molecular weight excluding hydrogens is 429 g/mol. The summed E-state index contributed by atoms with van der Waals surface area (Å²) in [5.74, 6) is -0.217. The highest BCUT2D eigenvalue weighted by molar-refractivity contribution is 6.31. The molecule has 0 aliphatic rings. The average molecular weight is 443 g/mol. The molecule has 156 valence electrons. The van der Waals surface area contributed by atoms with E-state index in [-0.39, 0.29) is 17.1 Å². The zero-order valence-electron chi connectivity index (χ0n) is 15.8. The molecule has 1 aromatic heterocycles. The summed E-state index contributed by atoms with van der Waals surface area (Å²) in [5.41, 5.74) is 0.987. The molecule has 0 aliphatic carbocycles. The molecule has 4 rings (SSSR count). The van der Waals surface area contributed by atoms with Crippen molar-refractivity contribution >= 4 is 34.7 Å². The minimum Gasteiger partial charge on any atom is -0.435 e. The first-order valence-corrected chi connectivity index (χ1v) is 9.50. The molecule has 0 fully saturated rings. The van der Waals surface area contributed by atoms with E-state index in [0.717, 1.165) is 0 Å². The van der Waals surface area contributed by atoms with Gasteiger partial charge in [0, 0.05) is 5.02 Å². The highest BCUT2D eigenvalue weighted by Gasteiger charge is 2.12. The van der Waals surface area contributed by atoms with Crippen molar-refractivity contribution in [3.63, 3.8) is 0 Å². The standard InChI is InChI=1S/C23H14ClF3N2O2/c24-15-7-10-19-20(12-15)28-21(29(22(19)30)17-3-1-2-16(25)13-17)11-6-14-4-8-18(9-5-14)31-23(26)27/h1-13,23H/b11-6+. The minimum absolute atomic E-state index is 0.0299. The Bertz CT molecular complexity index is 1340. The van der Waals surface area contributed by atoms with E-state index in [1.807, 2.05) is 0 Å². The summed E-state index contributed by atoms with van der Waals surface area (Å²) in [6, 6.07) is 16.3. The SMILES string of the molecule is O=c1c2ccc(Cl)cc2nc(/C=C/c2ccc(OC(F)F)cc2)n1-c1cccc(F)c1. The summed E-state index contributed by atoms with van der Waals surface area (Å²) in [4.78, 5) is 17.7. The lowest BCUT2D eigenvalue weighted by molar-refractivity contribution is -0.0498. The third-order valence-corrected chi connectivity index (χ3v) is 4.69. The van der Waals surface area contributed by atoms with Crippen molar-refractivity contribution in [1.82, 2.24) is 9.55 Å². The Morgan fingerprint density at radius 3 is 2.48 bits per heavy atom. The number of ether oxygens (including phenoxy) is 1. The molecular formula is C23H14ClF3N2O2. The Labute approximate surface area is 179 Å². The van der Waals surface area contributed by atoms with Crippen LogP contribution in [0.5, 0.6) is 5.75 Å². The van der Waals surface area contributed by atoms with Gasteiger partial charge in [0.25, 0.3) is 5.56 Å². The fourth-order valence-corrected chi connectivity index (χ4v) is 3.25. The molecule has 0 unspecified atom stereocenters. The van der Waals surface area contributed by atoms with E-state index >= 15 is 0 Å². The van der Waals surface area contributed by atoms with Crippen LogP contribution in [-0.2, 0) is 0 Å². The Balaban J connectivity index is 1.82. The Hall–Kier alpha value is -3.58. The summed E-state index contributed by atoms with van der Waals surface area (Å²) in [6.07, 6.45) is 3.23. The van der Waals surface area contributed by atoms with E-state index < -0.39 is 12.4 Å². The lowest BCUT2D eigenvalue weighted by Crippen LogP contribution is -2.22. The van der Waals surface area contributed by atoms with Crippen LogP contribution in [-0.4, -0.2) is 16.2 Å². The van der Waals surface area contributed by atoms with Gasteiger partial charge in [0.15, 0.2) is 0 Å². The van der Waals surface area contributed by atoms with Crippen LogP contribution in [0.2, 0.25) is 5.02 Å². The van der Waals surface area contributed by atoms with E-state index in [1.54, 1.807) is 48.6 Å². The number of hydrogen-bond donors (Lipinski definition) is 0. The van der Waals surface area contributed by atoms with E-state index in [4.69, 9.17) is 11.6 Å². The quantitative estimate of drug-likeness (QED) is 0.383. The minimum atomic E-state index is -2.91. The molecule has 0 saturated heterocycles. The summed E-state index contributed by atoms with van der Waals surface area (Å²) < 4.78 is 44.1. The maximum atomic E-state index is 13.8. The Morgan fingerprint density at radius 1 is 1.00 bits per heavy atom. The van der Waals surface area contributed by atoms with Crippen LogP contribution in [0.25, 0.3) is 28.7 Å². The fraction of sp³-hybridized carbons (Fsp3) is 0.0435. The Morgan fingerprint density at radius 2 is 1.77 bits per heavy atom. The molecule has 0 spiro atoms. The second-order valence-electron chi connectivity index (χ2n) is 6.53. The zero-order valence-corrected chi connectivity index (χ0v) is 16.6. The van der Waals surface area contributed by atoms with Gasteiger partial charge in [0.2, 0.25) is 0 Å². The lowest BCUT2D eigenvalue weighted by atomic mass is 10.2. The van der Waals surface area contributed by atoms with Gasteiger partial charge < -0.3 is 4.74 Å². The molecule has 3 aromatic carbocycles. The van der Waals surface area contributed by atoms with Gasteiger partial charge in [0.1, 0.15) is 17.4 Å². The fourth-order valence-electron chi connectivity index (χ4n) is 3.08. The van der Waals surface area contributed by atoms with E-state index in [2.05, 4.69) is 9.72 Å². The molecule has 0 bridgehead atoms. The highest BCUT2D eigenvalue weighted by Crippen LogP contribution is 2.20. The maximum absolute atomic E-state index is 13.8. The summed E-state index contributed by atoms with van der Waals surface area (Å²) in [5, 5.41) is 0.756. The van der Waals surface area contributed by atoms with Crippen LogP contribution < -0.4 is 10.3 Å². The summed E-state index contributed by atoms with van der Waals surface area (Å²) in [7, 11) is 0. The number of fused-ring (bicyclic) bond motifs is 1. The second-order valence-corrected chi connectivity index (χ2v) is 6.97. The lowest BCUT2D eigenvalue weighted by Gasteiger charge is -2.12. The largest absolute Gasteiger partial charge is 0.435 e. The van der Waals surface area contributed by atoms with Crippen LogP contribution in [0.1, 0.15) is 11.4 Å². The third-order valence-electron chi connectivity index (χ3n) is 4.45. The van der Waals surface area contributed by atoms with Crippen molar-refractivity contribution in [2.75, 3.05) is 0 Å². The van der Waals surface area contributed by atoms with Gasteiger partial charge in [0.05, 0.1) is 16.6 Å². The predicted molar refractivity (Wildman–Crippen MR) is 114 cm³/mol. The van der Waals surface area contributed by atoms with Crippen LogP contribution in [0.4, 0.5) is 13.2 Å². The first-order chi connectivity index (χ1) is 14.9. The van der Waals surface area contributed by atoms with Gasteiger partial charge in [-0.15, -0.1) is 0 Å². The van der Waals surface area contributed by atoms with Crippen LogP contribution in [0, 0.1) is 5.82 Å². The van der Waals surface area contributed by atoms with Gasteiger partial charge >= 0.3 is 6.61 Å². The van der Waals surface area contributed by atoms with Crippen molar-refractivity contribution in [2.24, 2.45) is 0 Å². The monoisotopic (exact) mass is 442 g/mol. The molecule has 0 aliphatic heterocycles. The topological polar surface area (TPSA) is 44.1 Å². The van der Waals surface area contributed by atoms with Crippen molar-refractivity contribution in [1.29, 1.82) is 0 Å². The maximum Gasteiger partial charge on any atom is 0.387 e. The van der Waals surface area contributed by atoms with Crippen molar-refractivity contribution in [3.05, 3.63) is 99.3 Å². The number of hydrogen-bond acceptors (Lipinski definition) is 3. The van der Waals surface area contributed by atoms with E-state index in [9.17, 15) is 18.0 Å². The molecule has 4 aromatic rings. The molecule has 0 radical (unpaired) electrons. The normalized spacial score (nSPS) is 11.5. The van der Waals surface area contributed by atoms with Crippen molar-refractivity contribution in [2.45, 2.75) is 6.61 Å². The number of aromatic nitrogens is 2. The first-order valence-electron chi connectivity index (χ1n) is 9.12. The first kappa shape index (κ1) is 20.7. The van der Waals surface area contributed by atoms with Gasteiger partial charge in [-0.25, -0.2) is 9.37 Å². The molecule has 4 nitrogen and oxygen atoms in total. The van der Waals surface area contributed by atoms with Gasteiger partial charge in [-0.3, -0.25) is 9.36 Å². The van der Waals surface area contributed by atoms with Crippen LogP contribution >= 0.6 is 11.6 Å². The predicted octanol–water partition coefficient (Wildman–Crippen LogP) is 5.95. The molecule has 31 heavy (non-hydrogen) atoms. The second kappa shape index (κ2) is 8.65. The molecule has 0 saturated carbocycles. The highest BCUT2D eigenvalue weighted by atomic mass is 35.5.